The van der Waals surface area contributed by atoms with E-state index in [1.54, 1.807) is 0 Å². The quantitative estimate of drug-likeness (QED) is 0.900. The monoisotopic (exact) mass is 302 g/mol. The molecule has 3 nitrogen and oxygen atoms in total. The van der Waals surface area contributed by atoms with Gasteiger partial charge in [-0.15, -0.1) is 0 Å². The van der Waals surface area contributed by atoms with E-state index in [0.717, 1.165) is 23.1 Å². The molecule has 0 unspecified atom stereocenters. The number of benzene rings is 1. The van der Waals surface area contributed by atoms with Crippen LogP contribution in [0.2, 0.25) is 0 Å². The minimum absolute atomic E-state index is 0.311. The van der Waals surface area contributed by atoms with Crippen LogP contribution in [-0.2, 0) is 10.3 Å². The predicted octanol–water partition coefficient (Wildman–Crippen LogP) is 3.39. The zero-order chi connectivity index (χ0) is 16.2. The summed E-state index contributed by atoms with van der Waals surface area (Å²) in [6.07, 6.45) is 3.80. The lowest BCUT2D eigenvalue weighted by Crippen LogP contribution is -2.37. The van der Waals surface area contributed by atoms with Gasteiger partial charge in [0.15, 0.2) is 0 Å². The second kappa shape index (κ2) is 4.92. The van der Waals surface area contributed by atoms with Crippen molar-refractivity contribution in [1.82, 2.24) is 0 Å². The van der Waals surface area contributed by atoms with Gasteiger partial charge in [0.1, 0.15) is 11.7 Å². The molecule has 0 bridgehead atoms. The number of fused-ring (bicyclic) bond motifs is 3. The normalized spacial score (nSPS) is 29.7. The summed E-state index contributed by atoms with van der Waals surface area (Å²) in [5.74, 6) is 0. The molecular formula is C19H26O3. The Balaban J connectivity index is 2.01. The highest BCUT2D eigenvalue weighted by Gasteiger charge is 2.53. The third kappa shape index (κ3) is 2.73. The molecule has 1 aliphatic heterocycles. The van der Waals surface area contributed by atoms with Crippen LogP contribution in [0.5, 0.6) is 0 Å². The number of ether oxygens (including phenoxy) is 1. The molecule has 1 aromatic carbocycles. The number of hydrogen-bond acceptors (Lipinski definition) is 3. The molecule has 0 saturated carbocycles. The average Bonchev–Trinajstić information content (AvgIpc) is 2.64. The first kappa shape index (κ1) is 15.7. The molecule has 22 heavy (non-hydrogen) atoms. The van der Waals surface area contributed by atoms with Crippen molar-refractivity contribution < 1.29 is 14.9 Å². The first-order valence-corrected chi connectivity index (χ1v) is 8.04. The summed E-state index contributed by atoms with van der Waals surface area (Å²) in [4.78, 5) is 0. The SMILES string of the molecule is CC(C)(O)CCC1=C[C@@H]2OC(C)(C)C[C@]2(O)c2ccccc21. The van der Waals surface area contributed by atoms with Crippen molar-refractivity contribution in [2.75, 3.05) is 0 Å². The van der Waals surface area contributed by atoms with Crippen molar-refractivity contribution in [3.63, 3.8) is 0 Å². The molecule has 0 aromatic heterocycles. The lowest BCUT2D eigenvalue weighted by molar-refractivity contribution is -0.0433. The van der Waals surface area contributed by atoms with Crippen LogP contribution >= 0.6 is 0 Å². The van der Waals surface area contributed by atoms with E-state index in [1.165, 1.54) is 0 Å². The molecule has 0 radical (unpaired) electrons. The fourth-order valence-electron chi connectivity index (χ4n) is 3.72. The highest BCUT2D eigenvalue weighted by molar-refractivity contribution is 5.73. The van der Waals surface area contributed by atoms with E-state index >= 15 is 0 Å². The highest BCUT2D eigenvalue weighted by atomic mass is 16.5. The molecule has 2 aliphatic rings. The summed E-state index contributed by atoms with van der Waals surface area (Å²) in [5, 5.41) is 21.2. The zero-order valence-corrected chi connectivity index (χ0v) is 13.9. The topological polar surface area (TPSA) is 49.7 Å². The maximum absolute atomic E-state index is 11.2. The first-order valence-electron chi connectivity index (χ1n) is 8.04. The van der Waals surface area contributed by atoms with E-state index in [1.807, 2.05) is 45.9 Å². The zero-order valence-electron chi connectivity index (χ0n) is 13.9. The second-order valence-electron chi connectivity index (χ2n) is 7.95. The number of rotatable bonds is 3. The smallest absolute Gasteiger partial charge is 0.123 e. The molecule has 1 fully saturated rings. The standard InChI is InChI=1S/C19H26O3/c1-17(2,20)10-9-13-11-16-19(21,12-18(3,4)22-16)15-8-6-5-7-14(13)15/h5-8,11,16,20-21H,9-10,12H2,1-4H3/t16-,19-/m0/s1. The molecule has 120 valence electrons. The van der Waals surface area contributed by atoms with Gasteiger partial charge in [-0.2, -0.15) is 0 Å². The van der Waals surface area contributed by atoms with E-state index < -0.39 is 11.2 Å². The molecule has 1 aromatic rings. The molecule has 0 amide bonds. The Hall–Kier alpha value is -1.16. The van der Waals surface area contributed by atoms with Crippen LogP contribution in [-0.4, -0.2) is 27.5 Å². The maximum Gasteiger partial charge on any atom is 0.123 e. The van der Waals surface area contributed by atoms with Crippen LogP contribution in [0.1, 0.15) is 58.1 Å². The Bertz CT molecular complexity index is 609. The Morgan fingerprint density at radius 3 is 2.64 bits per heavy atom. The molecule has 0 spiro atoms. The number of aliphatic hydroxyl groups is 2. The molecule has 2 N–H and O–H groups in total. The Morgan fingerprint density at radius 2 is 1.95 bits per heavy atom. The van der Waals surface area contributed by atoms with Gasteiger partial charge in [0.2, 0.25) is 0 Å². The fourth-order valence-corrected chi connectivity index (χ4v) is 3.72. The Labute approximate surface area is 132 Å². The van der Waals surface area contributed by atoms with Crippen LogP contribution in [0.15, 0.2) is 30.3 Å². The van der Waals surface area contributed by atoms with E-state index in [9.17, 15) is 10.2 Å². The summed E-state index contributed by atoms with van der Waals surface area (Å²) >= 11 is 0. The fraction of sp³-hybridized carbons (Fsp3) is 0.579. The molecule has 1 heterocycles. The molecule has 1 aliphatic carbocycles. The van der Waals surface area contributed by atoms with Gasteiger partial charge in [-0.1, -0.05) is 24.3 Å². The number of allylic oxidation sites excluding steroid dienone is 1. The first-order chi connectivity index (χ1) is 10.1. The molecular weight excluding hydrogens is 276 g/mol. The van der Waals surface area contributed by atoms with Crippen LogP contribution in [0.3, 0.4) is 0 Å². The molecule has 3 rings (SSSR count). The van der Waals surface area contributed by atoms with Crippen molar-refractivity contribution >= 4 is 5.57 Å². The van der Waals surface area contributed by atoms with Crippen molar-refractivity contribution in [2.45, 2.75) is 69.9 Å². The van der Waals surface area contributed by atoms with Crippen molar-refractivity contribution in [1.29, 1.82) is 0 Å². The predicted molar refractivity (Wildman–Crippen MR) is 87.4 cm³/mol. The van der Waals surface area contributed by atoms with E-state index in [-0.39, 0.29) is 11.7 Å². The van der Waals surface area contributed by atoms with E-state index in [0.29, 0.717) is 12.8 Å². The van der Waals surface area contributed by atoms with Crippen molar-refractivity contribution in [2.24, 2.45) is 0 Å². The Kier molecular flexibility index (Phi) is 3.52. The summed E-state index contributed by atoms with van der Waals surface area (Å²) in [6.45, 7) is 7.70. The van der Waals surface area contributed by atoms with Gasteiger partial charge in [-0.3, -0.25) is 0 Å². The summed E-state index contributed by atoms with van der Waals surface area (Å²) in [5.41, 5.74) is 1.22. The van der Waals surface area contributed by atoms with Crippen molar-refractivity contribution in [3.05, 3.63) is 41.5 Å². The van der Waals surface area contributed by atoms with Crippen LogP contribution in [0.4, 0.5) is 0 Å². The molecule has 3 heteroatoms. The lowest BCUT2D eigenvalue weighted by Gasteiger charge is -2.35. The van der Waals surface area contributed by atoms with Crippen LogP contribution < -0.4 is 0 Å². The minimum Gasteiger partial charge on any atom is -0.390 e. The van der Waals surface area contributed by atoms with Crippen molar-refractivity contribution in [3.8, 4) is 0 Å². The van der Waals surface area contributed by atoms with Crippen LogP contribution in [0.25, 0.3) is 5.57 Å². The summed E-state index contributed by atoms with van der Waals surface area (Å²) < 4.78 is 6.09. The van der Waals surface area contributed by atoms with Crippen LogP contribution in [0, 0.1) is 0 Å². The summed E-state index contributed by atoms with van der Waals surface area (Å²) in [7, 11) is 0. The average molecular weight is 302 g/mol. The lowest BCUT2D eigenvalue weighted by atomic mass is 9.74. The Morgan fingerprint density at radius 1 is 1.27 bits per heavy atom. The summed E-state index contributed by atoms with van der Waals surface area (Å²) in [6, 6.07) is 8.04. The van der Waals surface area contributed by atoms with Gasteiger partial charge < -0.3 is 14.9 Å². The highest BCUT2D eigenvalue weighted by Crippen LogP contribution is 2.50. The maximum atomic E-state index is 11.2. The second-order valence-corrected chi connectivity index (χ2v) is 7.95. The third-order valence-corrected chi connectivity index (χ3v) is 4.71. The van der Waals surface area contributed by atoms with Gasteiger partial charge in [0, 0.05) is 6.42 Å². The molecule has 2 atom stereocenters. The van der Waals surface area contributed by atoms with Gasteiger partial charge in [0.25, 0.3) is 0 Å². The van der Waals surface area contributed by atoms with E-state index in [2.05, 4.69) is 12.1 Å². The van der Waals surface area contributed by atoms with Gasteiger partial charge in [0.05, 0.1) is 11.2 Å². The minimum atomic E-state index is -0.946. The largest absolute Gasteiger partial charge is 0.390 e. The van der Waals surface area contributed by atoms with Gasteiger partial charge in [-0.05, 0) is 63.3 Å². The third-order valence-electron chi connectivity index (χ3n) is 4.71. The van der Waals surface area contributed by atoms with Gasteiger partial charge in [-0.25, -0.2) is 0 Å². The van der Waals surface area contributed by atoms with E-state index in [4.69, 9.17) is 4.74 Å². The van der Waals surface area contributed by atoms with Gasteiger partial charge >= 0.3 is 0 Å². The molecule has 1 saturated heterocycles. The number of hydrogen-bond donors (Lipinski definition) is 2.